The van der Waals surface area contributed by atoms with E-state index >= 15 is 0 Å². The minimum Gasteiger partial charge on any atom is -0.367 e. The molecule has 2 rings (SSSR count). The molecule has 130 valence electrons. The Hall–Kier alpha value is -1.85. The van der Waals surface area contributed by atoms with Gasteiger partial charge in [0.05, 0.1) is 5.75 Å². The van der Waals surface area contributed by atoms with Crippen molar-refractivity contribution < 1.29 is 8.42 Å². The van der Waals surface area contributed by atoms with E-state index in [0.29, 0.717) is 13.0 Å². The Morgan fingerprint density at radius 3 is 2.12 bits per heavy atom. The summed E-state index contributed by atoms with van der Waals surface area (Å²) in [7, 11) is 0.0118. The van der Waals surface area contributed by atoms with Gasteiger partial charge >= 0.3 is 0 Å². The van der Waals surface area contributed by atoms with Crippen LogP contribution in [0.15, 0.2) is 54.6 Å². The first-order valence-electron chi connectivity index (χ1n) is 8.14. The van der Waals surface area contributed by atoms with Crippen LogP contribution in [0.5, 0.6) is 0 Å². The lowest BCUT2D eigenvalue weighted by Gasteiger charge is -2.25. The standard InChI is InChI=1S/C19H26N2O2S/c1-17-10-12-19(13-11-17)21(16-18-8-5-4-6-9-18)14-7-15-24(22,23)20(2)3/h4-6,8-13H,7,14-16H2,1-3H3. The van der Waals surface area contributed by atoms with Crippen LogP contribution in [0.4, 0.5) is 5.69 Å². The number of hydrogen-bond donors (Lipinski definition) is 0. The maximum Gasteiger partial charge on any atom is 0.213 e. The lowest BCUT2D eigenvalue weighted by Crippen LogP contribution is -2.29. The van der Waals surface area contributed by atoms with E-state index in [-0.39, 0.29) is 5.75 Å². The minimum atomic E-state index is -3.15. The van der Waals surface area contributed by atoms with Crippen molar-refractivity contribution >= 4 is 15.7 Å². The molecule has 0 radical (unpaired) electrons. The number of hydrogen-bond acceptors (Lipinski definition) is 3. The summed E-state index contributed by atoms with van der Waals surface area (Å²) in [6, 6.07) is 18.6. The van der Waals surface area contributed by atoms with Gasteiger partial charge in [0.15, 0.2) is 0 Å². The molecule has 0 fully saturated rings. The second kappa shape index (κ2) is 8.31. The lowest BCUT2D eigenvalue weighted by molar-refractivity contribution is 0.518. The summed E-state index contributed by atoms with van der Waals surface area (Å²) in [6.07, 6.45) is 0.598. The van der Waals surface area contributed by atoms with Crippen LogP contribution in [-0.2, 0) is 16.6 Å². The molecule has 0 aliphatic carbocycles. The highest BCUT2D eigenvalue weighted by Crippen LogP contribution is 2.19. The molecule has 5 heteroatoms. The third kappa shape index (κ3) is 5.35. The lowest BCUT2D eigenvalue weighted by atomic mass is 10.1. The zero-order chi connectivity index (χ0) is 17.6. The summed E-state index contributed by atoms with van der Waals surface area (Å²) in [4.78, 5) is 2.24. The van der Waals surface area contributed by atoms with E-state index in [2.05, 4.69) is 48.2 Å². The molecule has 2 aromatic carbocycles. The van der Waals surface area contributed by atoms with Crippen LogP contribution < -0.4 is 4.90 Å². The van der Waals surface area contributed by atoms with Crippen LogP contribution in [0.1, 0.15) is 17.5 Å². The molecule has 0 aliphatic rings. The van der Waals surface area contributed by atoms with Gasteiger partial charge in [-0.3, -0.25) is 0 Å². The molecular formula is C19H26N2O2S. The van der Waals surface area contributed by atoms with Crippen molar-refractivity contribution in [1.29, 1.82) is 0 Å². The fourth-order valence-electron chi connectivity index (χ4n) is 2.48. The first-order valence-corrected chi connectivity index (χ1v) is 9.75. The monoisotopic (exact) mass is 346 g/mol. The van der Waals surface area contributed by atoms with Gasteiger partial charge in [-0.15, -0.1) is 0 Å². The van der Waals surface area contributed by atoms with E-state index in [1.165, 1.54) is 15.4 Å². The van der Waals surface area contributed by atoms with Crippen LogP contribution in [0.3, 0.4) is 0 Å². The van der Waals surface area contributed by atoms with Crippen molar-refractivity contribution in [1.82, 2.24) is 4.31 Å². The first kappa shape index (κ1) is 18.5. The quantitative estimate of drug-likeness (QED) is 0.736. The molecular weight excluding hydrogens is 320 g/mol. The minimum absolute atomic E-state index is 0.164. The molecule has 0 saturated heterocycles. The van der Waals surface area contributed by atoms with Crippen molar-refractivity contribution in [3.8, 4) is 0 Å². The molecule has 4 nitrogen and oxygen atoms in total. The fraction of sp³-hybridized carbons (Fsp3) is 0.368. The van der Waals surface area contributed by atoms with Gasteiger partial charge in [-0.1, -0.05) is 48.0 Å². The van der Waals surface area contributed by atoms with Gasteiger partial charge in [0.2, 0.25) is 10.0 Å². The number of anilines is 1. The first-order chi connectivity index (χ1) is 11.4. The highest BCUT2D eigenvalue weighted by molar-refractivity contribution is 7.89. The van der Waals surface area contributed by atoms with Gasteiger partial charge in [-0.05, 0) is 31.0 Å². The zero-order valence-electron chi connectivity index (χ0n) is 14.6. The summed E-state index contributed by atoms with van der Waals surface area (Å²) in [5.41, 5.74) is 3.55. The summed E-state index contributed by atoms with van der Waals surface area (Å²) in [6.45, 7) is 3.53. The van der Waals surface area contributed by atoms with Gasteiger partial charge in [0, 0.05) is 32.9 Å². The highest BCUT2D eigenvalue weighted by Gasteiger charge is 2.15. The summed E-state index contributed by atoms with van der Waals surface area (Å²) >= 11 is 0. The molecule has 0 atom stereocenters. The molecule has 24 heavy (non-hydrogen) atoms. The van der Waals surface area contributed by atoms with Crippen molar-refractivity contribution in [2.75, 3.05) is 31.3 Å². The van der Waals surface area contributed by atoms with E-state index in [1.807, 2.05) is 18.2 Å². The van der Waals surface area contributed by atoms with E-state index < -0.39 is 10.0 Å². The molecule has 0 heterocycles. The Morgan fingerprint density at radius 2 is 1.54 bits per heavy atom. The van der Waals surface area contributed by atoms with Crippen LogP contribution in [0, 0.1) is 6.92 Å². The molecule has 0 N–H and O–H groups in total. The van der Waals surface area contributed by atoms with Gasteiger partial charge in [0.1, 0.15) is 0 Å². The van der Waals surface area contributed by atoms with Gasteiger partial charge in [0.25, 0.3) is 0 Å². The van der Waals surface area contributed by atoms with Crippen molar-refractivity contribution in [3.05, 3.63) is 65.7 Å². The van der Waals surface area contributed by atoms with Crippen LogP contribution in [-0.4, -0.2) is 39.1 Å². The Bertz CT molecular complexity index is 726. The average Bonchev–Trinajstić information content (AvgIpc) is 2.55. The van der Waals surface area contributed by atoms with Crippen LogP contribution in [0.2, 0.25) is 0 Å². The Kier molecular flexibility index (Phi) is 6.40. The summed E-state index contributed by atoms with van der Waals surface area (Å²) in [5.74, 6) is 0.164. The van der Waals surface area contributed by atoms with E-state index in [9.17, 15) is 8.42 Å². The molecule has 0 saturated carbocycles. The van der Waals surface area contributed by atoms with Crippen LogP contribution in [0.25, 0.3) is 0 Å². The number of aryl methyl sites for hydroxylation is 1. The predicted octanol–water partition coefficient (Wildman–Crippen LogP) is 3.28. The smallest absolute Gasteiger partial charge is 0.213 e. The van der Waals surface area contributed by atoms with Crippen molar-refractivity contribution in [2.24, 2.45) is 0 Å². The number of benzene rings is 2. The number of rotatable bonds is 8. The Balaban J connectivity index is 2.09. The van der Waals surface area contributed by atoms with E-state index in [1.54, 1.807) is 14.1 Å². The van der Waals surface area contributed by atoms with E-state index in [0.717, 1.165) is 12.2 Å². The van der Waals surface area contributed by atoms with Crippen LogP contribution >= 0.6 is 0 Å². The third-order valence-corrected chi connectivity index (χ3v) is 5.92. The maximum atomic E-state index is 12.0. The second-order valence-corrected chi connectivity index (χ2v) is 8.50. The van der Waals surface area contributed by atoms with Crippen molar-refractivity contribution in [3.63, 3.8) is 0 Å². The SMILES string of the molecule is Cc1ccc(N(CCCS(=O)(=O)N(C)C)Cc2ccccc2)cc1. The third-order valence-electron chi connectivity index (χ3n) is 4.00. The zero-order valence-corrected chi connectivity index (χ0v) is 15.5. The Morgan fingerprint density at radius 1 is 0.917 bits per heavy atom. The van der Waals surface area contributed by atoms with E-state index in [4.69, 9.17) is 0 Å². The molecule has 2 aromatic rings. The topological polar surface area (TPSA) is 40.6 Å². The maximum absolute atomic E-state index is 12.0. The van der Waals surface area contributed by atoms with Gasteiger partial charge in [-0.25, -0.2) is 12.7 Å². The summed E-state index contributed by atoms with van der Waals surface area (Å²) in [5, 5.41) is 0. The fourth-order valence-corrected chi connectivity index (χ4v) is 3.34. The molecule has 0 aromatic heterocycles. The average molecular weight is 346 g/mol. The largest absolute Gasteiger partial charge is 0.367 e. The molecule has 0 amide bonds. The normalized spacial score (nSPS) is 11.7. The number of sulfonamides is 1. The molecule has 0 bridgehead atoms. The summed E-state index contributed by atoms with van der Waals surface area (Å²) < 4.78 is 25.2. The Labute approximate surface area is 145 Å². The molecule has 0 unspecified atom stereocenters. The highest BCUT2D eigenvalue weighted by atomic mass is 32.2. The molecule has 0 aliphatic heterocycles. The predicted molar refractivity (Wildman–Crippen MR) is 101 cm³/mol. The van der Waals surface area contributed by atoms with Crippen molar-refractivity contribution in [2.45, 2.75) is 19.9 Å². The van der Waals surface area contributed by atoms with Gasteiger partial charge in [-0.2, -0.15) is 0 Å². The molecule has 0 spiro atoms. The van der Waals surface area contributed by atoms with Gasteiger partial charge < -0.3 is 4.90 Å². The second-order valence-electron chi connectivity index (χ2n) is 6.19. The number of nitrogens with zero attached hydrogens (tertiary/aromatic N) is 2.